The van der Waals surface area contributed by atoms with Gasteiger partial charge in [0.15, 0.2) is 12.5 Å². The van der Waals surface area contributed by atoms with Crippen molar-refractivity contribution in [1.82, 2.24) is 9.78 Å². The van der Waals surface area contributed by atoms with Gasteiger partial charge in [0.05, 0.1) is 5.52 Å². The summed E-state index contributed by atoms with van der Waals surface area (Å²) in [4.78, 5) is 15.1. The number of aldehydes is 1. The molecule has 0 amide bonds. The predicted octanol–water partition coefficient (Wildman–Crippen LogP) is 4.17. The van der Waals surface area contributed by atoms with E-state index in [2.05, 4.69) is 16.8 Å². The van der Waals surface area contributed by atoms with Crippen LogP contribution in [0.1, 0.15) is 48.5 Å². The van der Waals surface area contributed by atoms with E-state index in [1.165, 1.54) is 0 Å². The second-order valence-corrected chi connectivity index (χ2v) is 5.87. The van der Waals surface area contributed by atoms with Crippen molar-refractivity contribution in [2.45, 2.75) is 32.4 Å². The van der Waals surface area contributed by atoms with Crippen molar-refractivity contribution in [3.63, 3.8) is 0 Å². The van der Waals surface area contributed by atoms with Gasteiger partial charge < -0.3 is 4.74 Å². The number of ether oxygens (including phenoxy) is 1. The van der Waals surface area contributed by atoms with Gasteiger partial charge in [0.1, 0.15) is 5.69 Å². The number of hydrogen-bond acceptors (Lipinski definition) is 4. The zero-order valence-corrected chi connectivity index (χ0v) is 13.8. The van der Waals surface area contributed by atoms with Gasteiger partial charge in [-0.05, 0) is 62.2 Å². The average Bonchev–Trinajstić information content (AvgIpc) is 3.00. The van der Waals surface area contributed by atoms with E-state index in [-0.39, 0.29) is 6.23 Å². The molecule has 24 heavy (non-hydrogen) atoms. The van der Waals surface area contributed by atoms with E-state index in [9.17, 15) is 4.79 Å². The molecule has 1 aliphatic rings. The van der Waals surface area contributed by atoms with Crippen LogP contribution in [0.2, 0.25) is 0 Å². The van der Waals surface area contributed by atoms with Gasteiger partial charge in [-0.25, -0.2) is 4.68 Å². The predicted molar refractivity (Wildman–Crippen MR) is 96.3 cm³/mol. The molecule has 2 aromatic rings. The normalized spacial score (nSPS) is 19.0. The fourth-order valence-corrected chi connectivity index (χ4v) is 2.98. The van der Waals surface area contributed by atoms with Gasteiger partial charge in [0, 0.05) is 18.2 Å². The Morgan fingerprint density at radius 3 is 3.04 bits per heavy atom. The Bertz CT molecular complexity index is 811. The Kier molecular flexibility index (Phi) is 5.01. The summed E-state index contributed by atoms with van der Waals surface area (Å²) < 4.78 is 7.67. The highest BCUT2D eigenvalue weighted by atomic mass is 16.5. The first-order valence-electron chi connectivity index (χ1n) is 8.13. The molecule has 0 radical (unpaired) electrons. The van der Waals surface area contributed by atoms with Crippen molar-refractivity contribution in [3.8, 4) is 0 Å². The first kappa shape index (κ1) is 16.3. The molecule has 0 aliphatic carbocycles. The lowest BCUT2D eigenvalue weighted by atomic mass is 10.0. The topological polar surface area (TPSA) is 56.5 Å². The molecule has 1 atom stereocenters. The summed E-state index contributed by atoms with van der Waals surface area (Å²) in [7, 11) is 0. The SMILES string of the molecule is C=N/C=C\C=C(/C)c1ccc2c(c1)c(C=O)nn2C1CCCCO1. The molecule has 5 heteroatoms. The minimum atomic E-state index is -0.0842. The summed E-state index contributed by atoms with van der Waals surface area (Å²) in [5.74, 6) is 0. The summed E-state index contributed by atoms with van der Waals surface area (Å²) >= 11 is 0. The van der Waals surface area contributed by atoms with Gasteiger partial charge in [-0.3, -0.25) is 9.79 Å². The number of carbonyl (C=O) groups excluding carboxylic acids is 1. The highest BCUT2D eigenvalue weighted by Crippen LogP contribution is 2.29. The Labute approximate surface area is 141 Å². The number of hydrogen-bond donors (Lipinski definition) is 0. The smallest absolute Gasteiger partial charge is 0.170 e. The molecular weight excluding hydrogens is 302 g/mol. The van der Waals surface area contributed by atoms with E-state index in [4.69, 9.17) is 4.74 Å². The highest BCUT2D eigenvalue weighted by molar-refractivity contribution is 5.96. The molecule has 0 saturated carbocycles. The molecule has 1 aromatic heterocycles. The van der Waals surface area contributed by atoms with Gasteiger partial charge in [-0.15, -0.1) is 0 Å². The van der Waals surface area contributed by atoms with Crippen LogP contribution in [-0.4, -0.2) is 29.4 Å². The monoisotopic (exact) mass is 323 g/mol. The number of aromatic nitrogens is 2. The maximum atomic E-state index is 11.4. The summed E-state index contributed by atoms with van der Waals surface area (Å²) in [6.07, 6.45) is 9.29. The Balaban J connectivity index is 2.03. The molecule has 1 aliphatic heterocycles. The molecule has 1 aromatic carbocycles. The molecule has 5 nitrogen and oxygen atoms in total. The van der Waals surface area contributed by atoms with Crippen molar-refractivity contribution in [2.24, 2.45) is 4.99 Å². The van der Waals surface area contributed by atoms with Gasteiger partial charge in [-0.1, -0.05) is 12.1 Å². The highest BCUT2D eigenvalue weighted by Gasteiger charge is 2.21. The van der Waals surface area contributed by atoms with Crippen LogP contribution in [-0.2, 0) is 4.74 Å². The summed E-state index contributed by atoms with van der Waals surface area (Å²) in [6, 6.07) is 6.06. The van der Waals surface area contributed by atoms with E-state index >= 15 is 0 Å². The van der Waals surface area contributed by atoms with Crippen LogP contribution in [0, 0.1) is 0 Å². The fraction of sp³-hybridized carbons (Fsp3) is 0.316. The van der Waals surface area contributed by atoms with Crippen LogP contribution in [0.3, 0.4) is 0 Å². The molecule has 1 fully saturated rings. The molecule has 0 spiro atoms. The maximum absolute atomic E-state index is 11.4. The number of aliphatic imine (C=N–C) groups is 1. The van der Waals surface area contributed by atoms with Crippen LogP contribution in [0.15, 0.2) is 41.5 Å². The first-order valence-corrected chi connectivity index (χ1v) is 8.13. The van der Waals surface area contributed by atoms with E-state index in [0.717, 1.165) is 54.2 Å². The maximum Gasteiger partial charge on any atom is 0.170 e. The molecule has 2 heterocycles. The summed E-state index contributed by atoms with van der Waals surface area (Å²) in [5, 5.41) is 5.33. The lowest BCUT2D eigenvalue weighted by Gasteiger charge is -2.23. The second kappa shape index (κ2) is 7.36. The Hall–Kier alpha value is -2.53. The standard InChI is InChI=1S/C19H21N3O2/c1-14(6-5-10-20-2)15-8-9-18-16(12-15)17(13-23)21-22(18)19-7-3-4-11-24-19/h5-6,8-10,12-13,19H,2-4,7,11H2,1H3/b10-5-,14-6+. The van der Waals surface area contributed by atoms with E-state index in [1.54, 1.807) is 6.20 Å². The third-order valence-electron chi connectivity index (χ3n) is 4.27. The Morgan fingerprint density at radius 2 is 2.33 bits per heavy atom. The zero-order chi connectivity index (χ0) is 16.9. The molecule has 1 saturated heterocycles. The van der Waals surface area contributed by atoms with Crippen LogP contribution >= 0.6 is 0 Å². The number of carbonyl (C=O) groups is 1. The molecule has 124 valence electrons. The molecule has 0 bridgehead atoms. The number of nitrogens with zero attached hydrogens (tertiary/aromatic N) is 3. The zero-order valence-electron chi connectivity index (χ0n) is 13.8. The minimum absolute atomic E-state index is 0.0842. The van der Waals surface area contributed by atoms with Gasteiger partial charge in [-0.2, -0.15) is 5.10 Å². The quantitative estimate of drug-likeness (QED) is 0.471. The largest absolute Gasteiger partial charge is 0.356 e. The number of benzene rings is 1. The van der Waals surface area contributed by atoms with Gasteiger partial charge >= 0.3 is 0 Å². The molecule has 0 N–H and O–H groups in total. The van der Waals surface area contributed by atoms with Crippen LogP contribution in [0.4, 0.5) is 0 Å². The summed E-state index contributed by atoms with van der Waals surface area (Å²) in [6.45, 7) is 6.17. The third kappa shape index (κ3) is 3.21. The lowest BCUT2D eigenvalue weighted by molar-refractivity contribution is -0.0367. The van der Waals surface area contributed by atoms with Crippen LogP contribution < -0.4 is 0 Å². The molecule has 1 unspecified atom stereocenters. The van der Waals surface area contributed by atoms with E-state index in [0.29, 0.717) is 5.69 Å². The first-order chi connectivity index (χ1) is 11.7. The second-order valence-electron chi connectivity index (χ2n) is 5.87. The minimum Gasteiger partial charge on any atom is -0.356 e. The van der Waals surface area contributed by atoms with E-state index in [1.807, 2.05) is 42.0 Å². The van der Waals surface area contributed by atoms with Crippen LogP contribution in [0.25, 0.3) is 16.5 Å². The number of allylic oxidation sites excluding steroid dienone is 3. The third-order valence-corrected chi connectivity index (χ3v) is 4.27. The van der Waals surface area contributed by atoms with Crippen molar-refractivity contribution in [2.75, 3.05) is 6.61 Å². The number of fused-ring (bicyclic) bond motifs is 1. The summed E-state index contributed by atoms with van der Waals surface area (Å²) in [5.41, 5.74) is 3.51. The fourth-order valence-electron chi connectivity index (χ4n) is 2.98. The van der Waals surface area contributed by atoms with Gasteiger partial charge in [0.25, 0.3) is 0 Å². The van der Waals surface area contributed by atoms with Crippen molar-refractivity contribution in [3.05, 3.63) is 47.8 Å². The molecular formula is C19H21N3O2. The van der Waals surface area contributed by atoms with Crippen LogP contribution in [0.5, 0.6) is 0 Å². The molecule has 3 rings (SSSR count). The van der Waals surface area contributed by atoms with Crippen molar-refractivity contribution < 1.29 is 9.53 Å². The Morgan fingerprint density at radius 1 is 1.46 bits per heavy atom. The van der Waals surface area contributed by atoms with Gasteiger partial charge in [0.2, 0.25) is 0 Å². The lowest BCUT2D eigenvalue weighted by Crippen LogP contribution is -2.19. The van der Waals surface area contributed by atoms with E-state index < -0.39 is 0 Å². The average molecular weight is 323 g/mol. The van der Waals surface area contributed by atoms with Crippen molar-refractivity contribution >= 4 is 29.5 Å². The van der Waals surface area contributed by atoms with Crippen molar-refractivity contribution in [1.29, 1.82) is 0 Å². The number of rotatable bonds is 5.